The van der Waals surface area contributed by atoms with Gasteiger partial charge in [-0.2, -0.15) is 0 Å². The Morgan fingerprint density at radius 3 is 2.06 bits per heavy atom. The van der Waals surface area contributed by atoms with Gasteiger partial charge in [0.05, 0.1) is 10.7 Å². The first-order valence-corrected chi connectivity index (χ1v) is 6.63. The highest BCUT2D eigenvalue weighted by Gasteiger charge is 2.03. The van der Waals surface area contributed by atoms with Crippen molar-refractivity contribution in [2.24, 2.45) is 0 Å². The summed E-state index contributed by atoms with van der Waals surface area (Å²) < 4.78 is 0. The zero-order valence-electron chi connectivity index (χ0n) is 11.4. The summed E-state index contributed by atoms with van der Waals surface area (Å²) in [4.78, 5) is 0. The maximum atomic E-state index is 6.15. The minimum absolute atomic E-state index is 0.751. The SMILES string of the molecule is CC.Cc1ccc(Nc2c(C)cccc2Cl)cc1. The van der Waals surface area contributed by atoms with Crippen molar-refractivity contribution in [3.63, 3.8) is 0 Å². The van der Waals surface area contributed by atoms with Gasteiger partial charge < -0.3 is 5.32 Å². The number of hydrogen-bond donors (Lipinski definition) is 1. The van der Waals surface area contributed by atoms with Gasteiger partial charge in [0, 0.05) is 5.69 Å². The van der Waals surface area contributed by atoms with Crippen LogP contribution in [0.3, 0.4) is 0 Å². The van der Waals surface area contributed by atoms with Gasteiger partial charge in [0.1, 0.15) is 0 Å². The molecule has 2 heteroatoms. The number of aryl methyl sites for hydroxylation is 2. The number of hydrogen-bond acceptors (Lipinski definition) is 1. The molecule has 0 heterocycles. The molecule has 0 aliphatic rings. The van der Waals surface area contributed by atoms with Crippen molar-refractivity contribution in [1.82, 2.24) is 0 Å². The fraction of sp³-hybridized carbons (Fsp3) is 0.250. The lowest BCUT2D eigenvalue weighted by Gasteiger charge is -2.11. The Bertz CT molecular complexity index is 469. The molecule has 0 amide bonds. The van der Waals surface area contributed by atoms with Crippen molar-refractivity contribution in [2.45, 2.75) is 27.7 Å². The summed E-state index contributed by atoms with van der Waals surface area (Å²) in [6.45, 7) is 8.12. The summed E-state index contributed by atoms with van der Waals surface area (Å²) in [5.74, 6) is 0. The first-order chi connectivity index (χ1) is 8.66. The van der Waals surface area contributed by atoms with E-state index in [1.807, 2.05) is 39.0 Å². The molecule has 18 heavy (non-hydrogen) atoms. The first-order valence-electron chi connectivity index (χ1n) is 6.25. The zero-order valence-corrected chi connectivity index (χ0v) is 12.2. The van der Waals surface area contributed by atoms with Crippen molar-refractivity contribution in [2.75, 3.05) is 5.32 Å². The van der Waals surface area contributed by atoms with E-state index in [-0.39, 0.29) is 0 Å². The number of nitrogens with one attached hydrogen (secondary N) is 1. The Hall–Kier alpha value is -1.47. The van der Waals surface area contributed by atoms with Gasteiger partial charge in [0.2, 0.25) is 0 Å². The third-order valence-corrected chi connectivity index (χ3v) is 2.86. The van der Waals surface area contributed by atoms with Gasteiger partial charge in [-0.05, 0) is 37.6 Å². The van der Waals surface area contributed by atoms with Gasteiger partial charge in [-0.3, -0.25) is 0 Å². The van der Waals surface area contributed by atoms with Crippen LogP contribution in [-0.2, 0) is 0 Å². The highest BCUT2D eigenvalue weighted by Crippen LogP contribution is 2.28. The Balaban J connectivity index is 0.000000771. The predicted octanol–water partition coefficient (Wildman–Crippen LogP) is 5.73. The normalized spacial score (nSPS) is 9.39. The van der Waals surface area contributed by atoms with E-state index >= 15 is 0 Å². The van der Waals surface area contributed by atoms with Crippen LogP contribution < -0.4 is 5.32 Å². The summed E-state index contributed by atoms with van der Waals surface area (Å²) >= 11 is 6.15. The molecule has 0 aromatic heterocycles. The largest absolute Gasteiger partial charge is 0.354 e. The maximum Gasteiger partial charge on any atom is 0.0643 e. The van der Waals surface area contributed by atoms with Crippen LogP contribution in [0.2, 0.25) is 5.02 Å². The molecule has 1 nitrogen and oxygen atoms in total. The lowest BCUT2D eigenvalue weighted by Crippen LogP contribution is -1.93. The summed E-state index contributed by atoms with van der Waals surface area (Å²) in [5.41, 5.74) is 4.43. The first kappa shape index (κ1) is 14.6. The van der Waals surface area contributed by atoms with Crippen LogP contribution in [0.5, 0.6) is 0 Å². The number of anilines is 2. The van der Waals surface area contributed by atoms with E-state index in [1.165, 1.54) is 5.56 Å². The van der Waals surface area contributed by atoms with E-state index in [4.69, 9.17) is 11.6 Å². The molecule has 0 aliphatic carbocycles. The number of para-hydroxylation sites is 1. The molecule has 0 bridgehead atoms. The monoisotopic (exact) mass is 261 g/mol. The smallest absolute Gasteiger partial charge is 0.0643 e. The number of rotatable bonds is 2. The molecule has 0 unspecified atom stereocenters. The molecule has 0 radical (unpaired) electrons. The van der Waals surface area contributed by atoms with Crippen LogP contribution in [0.4, 0.5) is 11.4 Å². The van der Waals surface area contributed by atoms with Gasteiger partial charge in [0.25, 0.3) is 0 Å². The average molecular weight is 262 g/mol. The van der Waals surface area contributed by atoms with E-state index in [2.05, 4.69) is 36.5 Å². The molecule has 2 rings (SSSR count). The van der Waals surface area contributed by atoms with Gasteiger partial charge >= 0.3 is 0 Å². The Kier molecular flexibility index (Phi) is 5.73. The molecular formula is C16H20ClN. The van der Waals surface area contributed by atoms with Crippen LogP contribution in [0, 0.1) is 13.8 Å². The van der Waals surface area contributed by atoms with Crippen LogP contribution in [0.25, 0.3) is 0 Å². The molecule has 1 N–H and O–H groups in total. The van der Waals surface area contributed by atoms with Gasteiger partial charge in [0.15, 0.2) is 0 Å². The van der Waals surface area contributed by atoms with E-state index in [0.29, 0.717) is 0 Å². The minimum atomic E-state index is 0.751. The van der Waals surface area contributed by atoms with Gasteiger partial charge in [-0.25, -0.2) is 0 Å². The van der Waals surface area contributed by atoms with Gasteiger partial charge in [-0.1, -0.05) is 55.3 Å². The molecule has 0 saturated carbocycles. The second-order valence-electron chi connectivity index (χ2n) is 3.92. The summed E-state index contributed by atoms with van der Waals surface area (Å²) in [6.07, 6.45) is 0. The summed E-state index contributed by atoms with van der Waals surface area (Å²) in [5, 5.41) is 4.09. The van der Waals surface area contributed by atoms with Crippen molar-refractivity contribution < 1.29 is 0 Å². The molecule has 0 fully saturated rings. The summed E-state index contributed by atoms with van der Waals surface area (Å²) in [7, 11) is 0. The summed E-state index contributed by atoms with van der Waals surface area (Å²) in [6, 6.07) is 14.2. The van der Waals surface area contributed by atoms with Crippen LogP contribution in [0.15, 0.2) is 42.5 Å². The van der Waals surface area contributed by atoms with Crippen LogP contribution in [-0.4, -0.2) is 0 Å². The van der Waals surface area contributed by atoms with E-state index in [9.17, 15) is 0 Å². The van der Waals surface area contributed by atoms with E-state index in [1.54, 1.807) is 0 Å². The van der Waals surface area contributed by atoms with E-state index in [0.717, 1.165) is 22.0 Å². The van der Waals surface area contributed by atoms with E-state index < -0.39 is 0 Å². The molecule has 0 atom stereocenters. The lowest BCUT2D eigenvalue weighted by molar-refractivity contribution is 1.41. The fourth-order valence-electron chi connectivity index (χ4n) is 1.57. The predicted molar refractivity (Wildman–Crippen MR) is 82.0 cm³/mol. The molecule has 2 aromatic rings. The van der Waals surface area contributed by atoms with Crippen LogP contribution in [0.1, 0.15) is 25.0 Å². The molecule has 0 saturated heterocycles. The number of halogens is 1. The van der Waals surface area contributed by atoms with Crippen molar-refractivity contribution >= 4 is 23.0 Å². The lowest BCUT2D eigenvalue weighted by atomic mass is 10.2. The molecule has 96 valence electrons. The number of benzene rings is 2. The molecular weight excluding hydrogens is 242 g/mol. The topological polar surface area (TPSA) is 12.0 Å². The molecule has 0 spiro atoms. The quantitative estimate of drug-likeness (QED) is 0.728. The third kappa shape index (κ3) is 3.78. The zero-order chi connectivity index (χ0) is 13.5. The second-order valence-corrected chi connectivity index (χ2v) is 4.33. The Labute approximate surface area is 115 Å². The van der Waals surface area contributed by atoms with Crippen LogP contribution >= 0.6 is 11.6 Å². The highest BCUT2D eigenvalue weighted by atomic mass is 35.5. The Morgan fingerprint density at radius 1 is 0.889 bits per heavy atom. The van der Waals surface area contributed by atoms with Crippen molar-refractivity contribution in [1.29, 1.82) is 0 Å². The molecule has 0 aliphatic heterocycles. The molecule has 2 aromatic carbocycles. The fourth-order valence-corrected chi connectivity index (χ4v) is 1.84. The average Bonchev–Trinajstić information content (AvgIpc) is 2.39. The maximum absolute atomic E-state index is 6.15. The van der Waals surface area contributed by atoms with Gasteiger partial charge in [-0.15, -0.1) is 0 Å². The third-order valence-electron chi connectivity index (χ3n) is 2.54. The van der Waals surface area contributed by atoms with Crippen molar-refractivity contribution in [3.05, 3.63) is 58.6 Å². The minimum Gasteiger partial charge on any atom is -0.354 e. The Morgan fingerprint density at radius 2 is 1.50 bits per heavy atom. The van der Waals surface area contributed by atoms with Crippen molar-refractivity contribution in [3.8, 4) is 0 Å². The highest BCUT2D eigenvalue weighted by molar-refractivity contribution is 6.33. The standard InChI is InChI=1S/C14H14ClN.C2H6/c1-10-6-8-12(9-7-10)16-14-11(2)4-3-5-13(14)15;1-2/h3-9,16H,1-2H3;1-2H3. The second kappa shape index (κ2) is 7.07.